The Hall–Kier alpha value is -3.15. The molecular weight excluding hydrogens is 388 g/mol. The van der Waals surface area contributed by atoms with Crippen molar-refractivity contribution in [2.24, 2.45) is 16.6 Å². The van der Waals surface area contributed by atoms with Gasteiger partial charge in [-0.25, -0.2) is 4.99 Å². The van der Waals surface area contributed by atoms with E-state index in [1.807, 2.05) is 61.5 Å². The third-order valence-electron chi connectivity index (χ3n) is 5.49. The van der Waals surface area contributed by atoms with Crippen LogP contribution >= 0.6 is 0 Å². The third kappa shape index (κ3) is 5.94. The molecule has 0 aliphatic carbocycles. The van der Waals surface area contributed by atoms with Crippen molar-refractivity contribution in [2.75, 3.05) is 0 Å². The molecule has 2 aromatic rings. The molecule has 1 aliphatic heterocycles. The van der Waals surface area contributed by atoms with Crippen molar-refractivity contribution in [1.82, 2.24) is 10.2 Å². The van der Waals surface area contributed by atoms with Crippen LogP contribution in [0.5, 0.6) is 0 Å². The topological polar surface area (TPSA) is 87.8 Å². The summed E-state index contributed by atoms with van der Waals surface area (Å²) >= 11 is 0. The maximum absolute atomic E-state index is 12.9. The fourth-order valence-electron chi connectivity index (χ4n) is 3.97. The van der Waals surface area contributed by atoms with Gasteiger partial charge in [-0.2, -0.15) is 0 Å². The molecule has 0 fully saturated rings. The molecule has 1 aliphatic rings. The number of nitrogens with one attached hydrogen (secondary N) is 1. The Morgan fingerprint density at radius 1 is 1.06 bits per heavy atom. The molecule has 2 aromatic carbocycles. The van der Waals surface area contributed by atoms with Gasteiger partial charge in [0.15, 0.2) is 5.96 Å². The van der Waals surface area contributed by atoms with Crippen LogP contribution in [0.1, 0.15) is 50.3 Å². The van der Waals surface area contributed by atoms with Gasteiger partial charge in [0, 0.05) is 13.0 Å². The van der Waals surface area contributed by atoms with Crippen molar-refractivity contribution in [3.63, 3.8) is 0 Å². The van der Waals surface area contributed by atoms with E-state index in [1.165, 1.54) is 0 Å². The van der Waals surface area contributed by atoms with Gasteiger partial charge in [0.05, 0.1) is 6.54 Å². The number of nitrogens with zero attached hydrogens (tertiary/aromatic N) is 2. The van der Waals surface area contributed by atoms with E-state index < -0.39 is 5.54 Å². The fourth-order valence-corrected chi connectivity index (χ4v) is 3.97. The van der Waals surface area contributed by atoms with E-state index in [4.69, 9.17) is 5.73 Å². The maximum Gasteiger partial charge on any atom is 0.257 e. The average molecular weight is 421 g/mol. The van der Waals surface area contributed by atoms with Gasteiger partial charge in [-0.15, -0.1) is 0 Å². The molecule has 0 spiro atoms. The van der Waals surface area contributed by atoms with Crippen LogP contribution in [0, 0.1) is 5.92 Å². The number of amides is 2. The number of aliphatic imine (C=N–C) groups is 1. The summed E-state index contributed by atoms with van der Waals surface area (Å²) in [6.07, 6.45) is 1.78. The van der Waals surface area contributed by atoms with E-state index in [-0.39, 0.29) is 17.8 Å². The van der Waals surface area contributed by atoms with Gasteiger partial charge in [0.2, 0.25) is 5.91 Å². The number of rotatable bonds is 9. The minimum atomic E-state index is -0.773. The second-order valence-electron chi connectivity index (χ2n) is 8.81. The van der Waals surface area contributed by atoms with Gasteiger partial charge in [0.1, 0.15) is 5.54 Å². The Bertz CT molecular complexity index is 938. The summed E-state index contributed by atoms with van der Waals surface area (Å²) in [5, 5.41) is 2.95. The van der Waals surface area contributed by atoms with Crippen LogP contribution in [0.25, 0.3) is 0 Å². The normalized spacial score (nSPS) is 18.4. The fraction of sp³-hybridized carbons (Fsp3) is 0.400. The number of carbonyl (C=O) groups excluding carboxylic acids is 2. The monoisotopic (exact) mass is 420 g/mol. The zero-order valence-electron chi connectivity index (χ0n) is 18.6. The number of carbonyl (C=O) groups is 2. The Labute approximate surface area is 184 Å². The van der Waals surface area contributed by atoms with Gasteiger partial charge in [0.25, 0.3) is 5.91 Å². The molecule has 0 aromatic heterocycles. The van der Waals surface area contributed by atoms with Crippen LogP contribution in [0.3, 0.4) is 0 Å². The molecule has 1 heterocycles. The SMILES string of the molecule is CC(C)CC1(C)N=C(N)N(Cc2ccc(CCC(=O)NCc3ccccc3)cc2)C1=O. The lowest BCUT2D eigenvalue weighted by Crippen LogP contribution is -2.43. The molecular formula is C25H32N4O2. The maximum atomic E-state index is 12.9. The first-order chi connectivity index (χ1) is 14.8. The van der Waals surface area contributed by atoms with Crippen molar-refractivity contribution in [1.29, 1.82) is 0 Å². The molecule has 0 saturated heterocycles. The van der Waals surface area contributed by atoms with E-state index in [9.17, 15) is 9.59 Å². The number of benzene rings is 2. The van der Waals surface area contributed by atoms with Crippen molar-refractivity contribution in [3.05, 3.63) is 71.3 Å². The second kappa shape index (κ2) is 9.77. The lowest BCUT2D eigenvalue weighted by Gasteiger charge is -2.23. The van der Waals surface area contributed by atoms with Crippen LogP contribution in [0.15, 0.2) is 59.6 Å². The highest BCUT2D eigenvalue weighted by Gasteiger charge is 2.43. The molecule has 0 saturated carbocycles. The van der Waals surface area contributed by atoms with Crippen molar-refractivity contribution in [2.45, 2.75) is 58.7 Å². The summed E-state index contributed by atoms with van der Waals surface area (Å²) in [6.45, 7) is 6.95. The van der Waals surface area contributed by atoms with Gasteiger partial charge in [-0.1, -0.05) is 68.4 Å². The minimum absolute atomic E-state index is 0.0315. The molecule has 6 heteroatoms. The van der Waals surface area contributed by atoms with E-state index in [0.717, 1.165) is 16.7 Å². The van der Waals surface area contributed by atoms with E-state index >= 15 is 0 Å². The van der Waals surface area contributed by atoms with Crippen molar-refractivity contribution in [3.8, 4) is 0 Å². The predicted molar refractivity (Wildman–Crippen MR) is 123 cm³/mol. The molecule has 1 atom stereocenters. The van der Waals surface area contributed by atoms with E-state index in [1.54, 1.807) is 4.90 Å². The molecule has 0 radical (unpaired) electrons. The van der Waals surface area contributed by atoms with Gasteiger partial charge in [-0.05, 0) is 42.4 Å². The standard InChI is InChI=1S/C25H32N4O2/c1-18(2)15-25(3)23(31)29(24(26)28-25)17-21-11-9-19(10-12-21)13-14-22(30)27-16-20-7-5-4-6-8-20/h4-12,18H,13-17H2,1-3H3,(H2,26,28)(H,27,30). The highest BCUT2D eigenvalue weighted by molar-refractivity contribution is 6.06. The van der Waals surface area contributed by atoms with Crippen LogP contribution in [0.4, 0.5) is 0 Å². The minimum Gasteiger partial charge on any atom is -0.369 e. The van der Waals surface area contributed by atoms with Crippen molar-refractivity contribution < 1.29 is 9.59 Å². The number of guanidine groups is 1. The zero-order chi connectivity index (χ0) is 22.4. The molecule has 2 amide bonds. The molecule has 3 N–H and O–H groups in total. The number of hydrogen-bond donors (Lipinski definition) is 2. The molecule has 6 nitrogen and oxygen atoms in total. The van der Waals surface area contributed by atoms with Crippen LogP contribution in [-0.2, 0) is 29.1 Å². The first-order valence-electron chi connectivity index (χ1n) is 10.8. The largest absolute Gasteiger partial charge is 0.369 e. The molecule has 164 valence electrons. The van der Waals surface area contributed by atoms with E-state index in [2.05, 4.69) is 24.2 Å². The summed E-state index contributed by atoms with van der Waals surface area (Å²) in [7, 11) is 0. The summed E-state index contributed by atoms with van der Waals surface area (Å²) < 4.78 is 0. The zero-order valence-corrected chi connectivity index (χ0v) is 18.6. The summed E-state index contributed by atoms with van der Waals surface area (Å²) in [4.78, 5) is 31.0. The van der Waals surface area contributed by atoms with Crippen LogP contribution in [-0.4, -0.2) is 28.2 Å². The Balaban J connectivity index is 1.49. The van der Waals surface area contributed by atoms with Gasteiger partial charge in [-0.3, -0.25) is 14.5 Å². The molecule has 31 heavy (non-hydrogen) atoms. The number of aryl methyl sites for hydroxylation is 1. The molecule has 1 unspecified atom stereocenters. The third-order valence-corrected chi connectivity index (χ3v) is 5.49. The highest BCUT2D eigenvalue weighted by Crippen LogP contribution is 2.29. The average Bonchev–Trinajstić information content (AvgIpc) is 2.94. The van der Waals surface area contributed by atoms with Crippen LogP contribution < -0.4 is 11.1 Å². The Kier molecular flexibility index (Phi) is 7.10. The van der Waals surface area contributed by atoms with Crippen LogP contribution in [0.2, 0.25) is 0 Å². The first-order valence-corrected chi connectivity index (χ1v) is 10.8. The molecule has 0 bridgehead atoms. The Morgan fingerprint density at radius 3 is 2.35 bits per heavy atom. The lowest BCUT2D eigenvalue weighted by atomic mass is 9.91. The smallest absolute Gasteiger partial charge is 0.257 e. The predicted octanol–water partition coefficient (Wildman–Crippen LogP) is 3.40. The van der Waals surface area contributed by atoms with Gasteiger partial charge >= 0.3 is 0 Å². The quantitative estimate of drug-likeness (QED) is 0.652. The Morgan fingerprint density at radius 2 is 1.71 bits per heavy atom. The molecule has 3 rings (SSSR count). The summed E-state index contributed by atoms with van der Waals surface area (Å²) in [5.41, 5.74) is 8.44. The van der Waals surface area contributed by atoms with Gasteiger partial charge < -0.3 is 11.1 Å². The van der Waals surface area contributed by atoms with E-state index in [0.29, 0.717) is 38.3 Å². The number of hydrogen-bond acceptors (Lipinski definition) is 4. The highest BCUT2D eigenvalue weighted by atomic mass is 16.2. The lowest BCUT2D eigenvalue weighted by molar-refractivity contribution is -0.131. The second-order valence-corrected chi connectivity index (χ2v) is 8.81. The first kappa shape index (κ1) is 22.5. The number of nitrogens with two attached hydrogens (primary N) is 1. The summed E-state index contributed by atoms with van der Waals surface area (Å²) in [6, 6.07) is 17.8. The van der Waals surface area contributed by atoms with Crippen molar-refractivity contribution >= 4 is 17.8 Å². The summed E-state index contributed by atoms with van der Waals surface area (Å²) in [5.74, 6) is 0.629.